The Morgan fingerprint density at radius 1 is 1.28 bits per heavy atom. The van der Waals surface area contributed by atoms with Gasteiger partial charge in [-0.2, -0.15) is 0 Å². The van der Waals surface area contributed by atoms with Crippen LogP contribution in [0.5, 0.6) is 0 Å². The molecule has 2 rings (SSSR count). The average molecular weight is 266 g/mol. The van der Waals surface area contributed by atoms with Gasteiger partial charge in [-0.05, 0) is 12.5 Å². The SMILES string of the molecule is Cc1cnc(CNS(=O)(=O)Cc2ccccc2)o1. The van der Waals surface area contributed by atoms with E-state index < -0.39 is 10.0 Å². The summed E-state index contributed by atoms with van der Waals surface area (Å²) in [6, 6.07) is 9.01. The van der Waals surface area contributed by atoms with E-state index in [0.717, 1.165) is 5.56 Å². The third kappa shape index (κ3) is 3.68. The van der Waals surface area contributed by atoms with Crippen LogP contribution in [0.4, 0.5) is 0 Å². The summed E-state index contributed by atoms with van der Waals surface area (Å²) >= 11 is 0. The van der Waals surface area contributed by atoms with Crippen LogP contribution >= 0.6 is 0 Å². The van der Waals surface area contributed by atoms with Gasteiger partial charge in [-0.1, -0.05) is 30.3 Å². The van der Waals surface area contributed by atoms with Crippen molar-refractivity contribution in [2.75, 3.05) is 0 Å². The number of hydrogen-bond donors (Lipinski definition) is 1. The molecule has 0 unspecified atom stereocenters. The molecule has 0 aliphatic heterocycles. The van der Waals surface area contributed by atoms with Crippen LogP contribution in [0.2, 0.25) is 0 Å². The highest BCUT2D eigenvalue weighted by Crippen LogP contribution is 2.06. The number of oxazole rings is 1. The number of rotatable bonds is 5. The maximum Gasteiger partial charge on any atom is 0.216 e. The first-order chi connectivity index (χ1) is 8.55. The topological polar surface area (TPSA) is 72.2 Å². The van der Waals surface area contributed by atoms with E-state index >= 15 is 0 Å². The molecule has 18 heavy (non-hydrogen) atoms. The van der Waals surface area contributed by atoms with E-state index in [9.17, 15) is 8.42 Å². The Morgan fingerprint density at radius 2 is 2.00 bits per heavy atom. The maximum atomic E-state index is 11.8. The van der Waals surface area contributed by atoms with Crippen molar-refractivity contribution in [1.29, 1.82) is 0 Å². The summed E-state index contributed by atoms with van der Waals surface area (Å²) in [6.45, 7) is 1.83. The third-order valence-electron chi connectivity index (χ3n) is 2.31. The number of nitrogens with zero attached hydrogens (tertiary/aromatic N) is 1. The molecule has 0 aliphatic rings. The lowest BCUT2D eigenvalue weighted by molar-refractivity contribution is 0.463. The van der Waals surface area contributed by atoms with Crippen LogP contribution in [0.15, 0.2) is 40.9 Å². The van der Waals surface area contributed by atoms with Crippen molar-refractivity contribution in [1.82, 2.24) is 9.71 Å². The second kappa shape index (κ2) is 5.32. The molecule has 1 aromatic heterocycles. The number of aryl methyl sites for hydroxylation is 1. The van der Waals surface area contributed by atoms with Crippen molar-refractivity contribution < 1.29 is 12.8 Å². The molecular formula is C12H14N2O3S. The van der Waals surface area contributed by atoms with E-state index in [2.05, 4.69) is 9.71 Å². The molecule has 0 atom stereocenters. The molecule has 2 aromatic rings. The predicted molar refractivity (Wildman–Crippen MR) is 67.1 cm³/mol. The first-order valence-electron chi connectivity index (χ1n) is 5.48. The van der Waals surface area contributed by atoms with Crippen LogP contribution in [0.3, 0.4) is 0 Å². The number of benzene rings is 1. The van der Waals surface area contributed by atoms with E-state index in [1.165, 1.54) is 0 Å². The van der Waals surface area contributed by atoms with Crippen molar-refractivity contribution in [2.24, 2.45) is 0 Å². The summed E-state index contributed by atoms with van der Waals surface area (Å²) in [5.41, 5.74) is 0.744. The highest BCUT2D eigenvalue weighted by Gasteiger charge is 2.12. The van der Waals surface area contributed by atoms with Crippen molar-refractivity contribution in [3.63, 3.8) is 0 Å². The molecular weight excluding hydrogens is 252 g/mol. The van der Waals surface area contributed by atoms with Crippen LogP contribution in [0.25, 0.3) is 0 Å². The summed E-state index contributed by atoms with van der Waals surface area (Å²) in [5.74, 6) is 0.976. The van der Waals surface area contributed by atoms with Crippen molar-refractivity contribution >= 4 is 10.0 Å². The smallest absolute Gasteiger partial charge is 0.216 e. The molecule has 0 amide bonds. The molecule has 96 valence electrons. The molecule has 0 fully saturated rings. The van der Waals surface area contributed by atoms with Gasteiger partial charge < -0.3 is 4.42 Å². The van der Waals surface area contributed by atoms with E-state index in [0.29, 0.717) is 11.7 Å². The number of sulfonamides is 1. The zero-order chi connectivity index (χ0) is 13.0. The first kappa shape index (κ1) is 12.8. The molecule has 0 saturated heterocycles. The highest BCUT2D eigenvalue weighted by molar-refractivity contribution is 7.88. The Morgan fingerprint density at radius 3 is 2.61 bits per heavy atom. The molecule has 5 nitrogen and oxygen atoms in total. The van der Waals surface area contributed by atoms with Gasteiger partial charge in [0, 0.05) is 0 Å². The Kier molecular flexibility index (Phi) is 3.78. The second-order valence-electron chi connectivity index (χ2n) is 3.93. The predicted octanol–water partition coefficient (Wildman–Crippen LogP) is 1.60. The largest absolute Gasteiger partial charge is 0.445 e. The molecule has 1 N–H and O–H groups in total. The molecule has 0 aliphatic carbocycles. The van der Waals surface area contributed by atoms with Crippen LogP contribution < -0.4 is 4.72 Å². The van der Waals surface area contributed by atoms with Crippen molar-refractivity contribution in [2.45, 2.75) is 19.2 Å². The highest BCUT2D eigenvalue weighted by atomic mass is 32.2. The Hall–Kier alpha value is -1.66. The van der Waals surface area contributed by atoms with Gasteiger partial charge >= 0.3 is 0 Å². The van der Waals surface area contributed by atoms with Crippen LogP contribution in [-0.4, -0.2) is 13.4 Å². The monoisotopic (exact) mass is 266 g/mol. The summed E-state index contributed by atoms with van der Waals surface area (Å²) in [7, 11) is -3.37. The van der Waals surface area contributed by atoms with Crippen LogP contribution in [0.1, 0.15) is 17.2 Å². The minimum absolute atomic E-state index is 0.0481. The molecule has 1 heterocycles. The average Bonchev–Trinajstić information content (AvgIpc) is 2.74. The Labute approximate surface area is 106 Å². The summed E-state index contributed by atoms with van der Waals surface area (Å²) in [4.78, 5) is 3.93. The zero-order valence-electron chi connectivity index (χ0n) is 9.96. The van der Waals surface area contributed by atoms with E-state index in [1.54, 1.807) is 25.3 Å². The van der Waals surface area contributed by atoms with Gasteiger partial charge in [-0.3, -0.25) is 0 Å². The van der Waals surface area contributed by atoms with E-state index in [1.807, 2.05) is 18.2 Å². The molecule has 0 spiro atoms. The van der Waals surface area contributed by atoms with Crippen LogP contribution in [-0.2, 0) is 22.3 Å². The van der Waals surface area contributed by atoms with Gasteiger partial charge in [0.25, 0.3) is 0 Å². The molecule has 0 radical (unpaired) electrons. The minimum Gasteiger partial charge on any atom is -0.445 e. The summed E-state index contributed by atoms with van der Waals surface area (Å²) in [5, 5.41) is 0. The lowest BCUT2D eigenvalue weighted by Crippen LogP contribution is -2.24. The Bertz CT molecular complexity index is 605. The normalized spacial score (nSPS) is 11.6. The maximum absolute atomic E-state index is 11.8. The molecule has 1 aromatic carbocycles. The molecule has 0 bridgehead atoms. The number of nitrogens with one attached hydrogen (secondary N) is 1. The van der Waals surface area contributed by atoms with Gasteiger partial charge in [0.05, 0.1) is 18.5 Å². The van der Waals surface area contributed by atoms with Gasteiger partial charge in [0.2, 0.25) is 15.9 Å². The third-order valence-corrected chi connectivity index (χ3v) is 3.61. The van der Waals surface area contributed by atoms with E-state index in [4.69, 9.17) is 4.42 Å². The second-order valence-corrected chi connectivity index (χ2v) is 5.74. The zero-order valence-corrected chi connectivity index (χ0v) is 10.8. The lowest BCUT2D eigenvalue weighted by Gasteiger charge is -2.04. The van der Waals surface area contributed by atoms with Crippen molar-refractivity contribution in [3.8, 4) is 0 Å². The fourth-order valence-corrected chi connectivity index (χ4v) is 2.58. The summed E-state index contributed by atoms with van der Waals surface area (Å²) < 4.78 is 31.2. The van der Waals surface area contributed by atoms with Gasteiger partial charge in [0.15, 0.2) is 0 Å². The van der Waals surface area contributed by atoms with Crippen LogP contribution in [0, 0.1) is 6.92 Å². The van der Waals surface area contributed by atoms with Gasteiger partial charge in [0.1, 0.15) is 5.76 Å². The van der Waals surface area contributed by atoms with Crippen molar-refractivity contribution in [3.05, 3.63) is 53.7 Å². The number of hydrogen-bond acceptors (Lipinski definition) is 4. The lowest BCUT2D eigenvalue weighted by atomic mass is 10.2. The fraction of sp³-hybridized carbons (Fsp3) is 0.250. The summed E-state index contributed by atoms with van der Waals surface area (Å²) in [6.07, 6.45) is 1.56. The molecule has 6 heteroatoms. The fourth-order valence-electron chi connectivity index (χ4n) is 1.50. The van der Waals surface area contributed by atoms with Gasteiger partial charge in [-0.15, -0.1) is 0 Å². The molecule has 0 saturated carbocycles. The quantitative estimate of drug-likeness (QED) is 0.892. The Balaban J connectivity index is 1.96. The number of aromatic nitrogens is 1. The first-order valence-corrected chi connectivity index (χ1v) is 7.13. The van der Waals surface area contributed by atoms with E-state index in [-0.39, 0.29) is 12.3 Å². The van der Waals surface area contributed by atoms with Gasteiger partial charge in [-0.25, -0.2) is 18.1 Å². The minimum atomic E-state index is -3.37. The standard InChI is InChI=1S/C12H14N2O3S/c1-10-7-13-12(17-10)8-14-18(15,16)9-11-5-3-2-4-6-11/h2-7,14H,8-9H2,1H3.